The number of benzene rings is 3. The number of methoxy groups -OCH3 is 1. The molecular weight excluding hydrogens is 965 g/mol. The first kappa shape index (κ1) is 54.0. The van der Waals surface area contributed by atoms with Crippen LogP contribution < -0.4 is 15.4 Å². The van der Waals surface area contributed by atoms with Crippen molar-refractivity contribution in [3.63, 3.8) is 0 Å². The van der Waals surface area contributed by atoms with Crippen LogP contribution in [0.2, 0.25) is 0 Å². The van der Waals surface area contributed by atoms with Crippen molar-refractivity contribution in [3.8, 4) is 23.3 Å². The molecule has 0 amide bonds. The molecule has 3 saturated carbocycles. The molecule has 14 heteroatoms. The molecular formula is C62H76N2O12. The van der Waals surface area contributed by atoms with Crippen LogP contribution >= 0.6 is 0 Å². The Kier molecular flexibility index (Phi) is 16.0. The average molecular weight is 1040 g/mol. The number of phenolic OH excluding ortho intramolecular Hbond substituents is 1. The number of rotatable bonds is 11. The summed E-state index contributed by atoms with van der Waals surface area (Å²) in [5, 5.41) is 79.2. The molecule has 10 bridgehead atoms. The number of anilines is 1. The minimum absolute atomic E-state index is 0.0457. The van der Waals surface area contributed by atoms with Crippen molar-refractivity contribution in [1.29, 1.82) is 0 Å². The Bertz CT molecular complexity index is 2800. The van der Waals surface area contributed by atoms with Gasteiger partial charge in [-0.1, -0.05) is 73.6 Å². The average Bonchev–Trinajstić information content (AvgIpc) is 3.54. The Morgan fingerprint density at radius 1 is 0.921 bits per heavy atom. The molecule has 4 aliphatic carbocycles. The number of nitrogens with one attached hydrogen (secondary N) is 2. The van der Waals surface area contributed by atoms with Crippen LogP contribution in [0.15, 0.2) is 72.3 Å². The van der Waals surface area contributed by atoms with Crippen LogP contribution in [0.5, 0.6) is 11.5 Å². The summed E-state index contributed by atoms with van der Waals surface area (Å²) < 4.78 is 18.3. The highest BCUT2D eigenvalue weighted by Crippen LogP contribution is 2.58. The number of carbonyl (C=O) groups excluding carboxylic acids is 3. The minimum atomic E-state index is -1.68. The zero-order chi connectivity index (χ0) is 53.5. The first-order valence-corrected chi connectivity index (χ1v) is 27.8. The number of aliphatic hydroxyl groups is 5. The minimum Gasteiger partial charge on any atom is -0.507 e. The third-order valence-electron chi connectivity index (χ3n) is 18.2. The van der Waals surface area contributed by atoms with Crippen molar-refractivity contribution >= 4 is 23.4 Å². The molecule has 406 valence electrons. The summed E-state index contributed by atoms with van der Waals surface area (Å²) in [6.45, 7) is 1.46. The number of allylic oxidation sites excluding steroid dienone is 2. The van der Waals surface area contributed by atoms with Crippen LogP contribution in [0, 0.1) is 41.4 Å². The van der Waals surface area contributed by atoms with Gasteiger partial charge in [0.05, 0.1) is 31.2 Å². The maximum absolute atomic E-state index is 15.8. The molecule has 3 aliphatic heterocycles. The predicted molar refractivity (Wildman–Crippen MR) is 286 cm³/mol. The van der Waals surface area contributed by atoms with Gasteiger partial charge >= 0.3 is 11.9 Å². The highest BCUT2D eigenvalue weighted by Gasteiger charge is 2.62. The Labute approximate surface area is 446 Å². The van der Waals surface area contributed by atoms with E-state index in [1.807, 2.05) is 42.5 Å². The summed E-state index contributed by atoms with van der Waals surface area (Å²) >= 11 is 0. The zero-order valence-electron chi connectivity index (χ0n) is 44.1. The van der Waals surface area contributed by atoms with Crippen LogP contribution in [-0.2, 0) is 43.1 Å². The topological polar surface area (TPSA) is 224 Å². The zero-order valence-corrected chi connectivity index (χ0v) is 44.1. The molecule has 0 spiro atoms. The Hall–Kier alpha value is -5.37. The van der Waals surface area contributed by atoms with Gasteiger partial charge in [0, 0.05) is 73.7 Å². The molecule has 13 atom stereocenters. The van der Waals surface area contributed by atoms with Gasteiger partial charge in [-0.3, -0.25) is 9.59 Å². The fourth-order valence-electron chi connectivity index (χ4n) is 14.3. The summed E-state index contributed by atoms with van der Waals surface area (Å²) in [6, 6.07) is 15.1. The van der Waals surface area contributed by atoms with E-state index in [1.165, 1.54) is 20.1 Å². The van der Waals surface area contributed by atoms with Crippen molar-refractivity contribution in [2.75, 3.05) is 39.2 Å². The number of ketones is 1. The number of fused-ring (bicyclic) bond motifs is 9. The van der Waals surface area contributed by atoms with Crippen molar-refractivity contribution in [2.24, 2.45) is 29.6 Å². The number of hydrogen-bond donors (Lipinski definition) is 8. The van der Waals surface area contributed by atoms with Crippen LogP contribution in [0.3, 0.4) is 0 Å². The van der Waals surface area contributed by atoms with Crippen molar-refractivity contribution in [1.82, 2.24) is 5.32 Å². The van der Waals surface area contributed by atoms with Gasteiger partial charge in [0.15, 0.2) is 0 Å². The number of phenols is 1. The summed E-state index contributed by atoms with van der Waals surface area (Å²) in [5.74, 6) is 2.84. The molecule has 0 unspecified atom stereocenters. The molecule has 0 radical (unpaired) electrons. The lowest BCUT2D eigenvalue weighted by molar-refractivity contribution is -0.221. The first-order valence-electron chi connectivity index (χ1n) is 27.8. The standard InChI is InChI=1S/C62H76N2O12/c1-61(72,54(68)33-74-3)34-64-45-25-41(24-42(26-45)53(67)32-63-2)38-16-17-39-31-56(69)76-59-47(39)29-43(58(70)57(59)37-12-5-4-6-13-37)30-55-62(73)50-15-8-7-14-40(50)28-48-49(52(66)19-18-51(48)62)22-36-11-9-10-35(20-36)21-46(65)27-44(23-38)60(71)75-55/h7,9-11,14,20,24-27,29,37-40,46,48-51,53-55,63-65,67-68,70,72-73H,4-6,8,12-13,15,18-19,21-23,28,30-34H2,1-3H3/b44-27-/t38-,39-,40+,46-,48+,49+,50+,51-,53+,54-,55-,61-,62+/m1/s1. The molecule has 0 saturated heterocycles. The highest BCUT2D eigenvalue weighted by molar-refractivity contribution is 5.89. The molecule has 3 fully saturated rings. The fourth-order valence-corrected chi connectivity index (χ4v) is 14.3. The largest absolute Gasteiger partial charge is 0.507 e. The normalized spacial score (nSPS) is 31.8. The maximum Gasteiger partial charge on any atom is 0.334 e. The van der Waals surface area contributed by atoms with Gasteiger partial charge in [-0.25, -0.2) is 4.79 Å². The molecule has 8 N–H and O–H groups in total. The summed E-state index contributed by atoms with van der Waals surface area (Å²) in [4.78, 5) is 43.9. The third-order valence-corrected chi connectivity index (χ3v) is 18.2. The summed E-state index contributed by atoms with van der Waals surface area (Å²) in [6.07, 6.45) is 8.62. The number of Topliss-reactive ketones (excluding diaryl/α,β-unsaturated/α-hetero) is 1. The molecule has 7 aliphatic rings. The number of carbonyl (C=O) groups is 3. The second-order valence-corrected chi connectivity index (χ2v) is 23.3. The Morgan fingerprint density at radius 3 is 2.47 bits per heavy atom. The van der Waals surface area contributed by atoms with Crippen LogP contribution in [-0.4, -0.2) is 112 Å². The van der Waals surface area contributed by atoms with Gasteiger partial charge in [0.2, 0.25) is 0 Å². The molecule has 0 aromatic heterocycles. The van der Waals surface area contributed by atoms with Gasteiger partial charge in [-0.05, 0) is 147 Å². The van der Waals surface area contributed by atoms with Crippen molar-refractivity contribution in [3.05, 3.63) is 111 Å². The Balaban J connectivity index is 1.20. The lowest BCUT2D eigenvalue weighted by atomic mass is 9.49. The molecule has 3 aromatic rings. The molecule has 14 nitrogen and oxygen atoms in total. The first-order chi connectivity index (χ1) is 36.5. The van der Waals surface area contributed by atoms with E-state index in [2.05, 4.69) is 34.6 Å². The molecule has 10 rings (SSSR count). The molecule has 76 heavy (non-hydrogen) atoms. The SMILES string of the molecule is CNC[C@H](O)c1cc(NC[C@@](C)(O)[C@H](O)COC)cc([C@@H]2C#C[C@@H]3CC(=O)Oc4c3cc(c(O)c4C3CCCCC3)C[C@H]3OC(=O)/C(=C\[C@H](O)Cc4cccc(c4)C[C@@H]4C(=O)CC[C@@H]5[C@H]4C[C@@H]4C=CCC[C@@H]4[C@]53O)C2)c1. The van der Waals surface area contributed by atoms with Gasteiger partial charge in [0.25, 0.3) is 0 Å². The number of esters is 2. The summed E-state index contributed by atoms with van der Waals surface area (Å²) in [5.41, 5.74) is 1.72. The Morgan fingerprint density at radius 2 is 1.70 bits per heavy atom. The fraction of sp³-hybridized carbons (Fsp3) is 0.565. The van der Waals surface area contributed by atoms with Crippen LogP contribution in [0.25, 0.3) is 0 Å². The molecule has 3 aromatic carbocycles. The number of hydrogen-bond acceptors (Lipinski definition) is 14. The van der Waals surface area contributed by atoms with Crippen LogP contribution in [0.4, 0.5) is 5.69 Å². The van der Waals surface area contributed by atoms with E-state index in [1.54, 1.807) is 13.1 Å². The third kappa shape index (κ3) is 10.9. The van der Waals surface area contributed by atoms with E-state index in [0.29, 0.717) is 71.4 Å². The van der Waals surface area contributed by atoms with Gasteiger partial charge < -0.3 is 55.5 Å². The number of aromatic hydroxyl groups is 1. The highest BCUT2D eigenvalue weighted by atomic mass is 16.6. The maximum atomic E-state index is 15.8. The lowest BCUT2D eigenvalue weighted by Crippen LogP contribution is -2.65. The van der Waals surface area contributed by atoms with E-state index in [0.717, 1.165) is 43.2 Å². The number of aliphatic hydroxyl groups excluding tert-OH is 3. The quantitative estimate of drug-likeness (QED) is 0.0423. The van der Waals surface area contributed by atoms with E-state index in [9.17, 15) is 40.2 Å². The number of ether oxygens (including phenoxy) is 3. The van der Waals surface area contributed by atoms with Gasteiger partial charge in [-0.2, -0.15) is 0 Å². The molecule has 3 heterocycles. The smallest absolute Gasteiger partial charge is 0.334 e. The predicted octanol–water partition coefficient (Wildman–Crippen LogP) is 6.92. The van der Waals surface area contributed by atoms with Crippen LogP contribution in [0.1, 0.15) is 147 Å². The van der Waals surface area contributed by atoms with E-state index >= 15 is 4.79 Å². The van der Waals surface area contributed by atoms with Crippen molar-refractivity contribution < 1.29 is 59.2 Å². The number of likely N-dealkylation sites (N-methyl/N-ethyl adjacent to an activating group) is 1. The van der Waals surface area contributed by atoms with E-state index in [4.69, 9.17) is 14.2 Å². The lowest BCUT2D eigenvalue weighted by Gasteiger charge is -2.58. The monoisotopic (exact) mass is 1040 g/mol. The van der Waals surface area contributed by atoms with E-state index in [-0.39, 0.29) is 92.6 Å². The van der Waals surface area contributed by atoms with Gasteiger partial charge in [0.1, 0.15) is 40.7 Å². The second-order valence-electron chi connectivity index (χ2n) is 23.3. The second kappa shape index (κ2) is 22.5. The van der Waals surface area contributed by atoms with E-state index < -0.39 is 71.2 Å². The van der Waals surface area contributed by atoms with Crippen molar-refractivity contribution in [2.45, 2.75) is 157 Å². The van der Waals surface area contributed by atoms with Gasteiger partial charge in [-0.15, -0.1) is 0 Å². The summed E-state index contributed by atoms with van der Waals surface area (Å²) in [7, 11) is 3.16.